The highest BCUT2D eigenvalue weighted by molar-refractivity contribution is 6.11. The Labute approximate surface area is 115 Å². The minimum Gasteiger partial charge on any atom is -0.496 e. The van der Waals surface area contributed by atoms with E-state index in [-0.39, 0.29) is 11.3 Å². The van der Waals surface area contributed by atoms with E-state index in [9.17, 15) is 9.18 Å². The summed E-state index contributed by atoms with van der Waals surface area (Å²) in [4.78, 5) is 12.4. The van der Waals surface area contributed by atoms with Crippen molar-refractivity contribution >= 4 is 11.5 Å². The lowest BCUT2D eigenvalue weighted by atomic mass is 10.0. The number of hydrogen-bond donors (Lipinski definition) is 1. The van der Waals surface area contributed by atoms with Crippen molar-refractivity contribution in [1.82, 2.24) is 0 Å². The van der Waals surface area contributed by atoms with Crippen LogP contribution < -0.4 is 15.2 Å². The maximum absolute atomic E-state index is 13.3. The minimum atomic E-state index is -0.504. The van der Waals surface area contributed by atoms with Crippen LogP contribution in [0.3, 0.4) is 0 Å². The topological polar surface area (TPSA) is 61.5 Å². The predicted octanol–water partition coefficient (Wildman–Crippen LogP) is 2.66. The first kappa shape index (κ1) is 13.9. The Morgan fingerprint density at radius 2 is 1.70 bits per heavy atom. The molecule has 0 aliphatic rings. The summed E-state index contributed by atoms with van der Waals surface area (Å²) in [5.41, 5.74) is 6.60. The fourth-order valence-electron chi connectivity index (χ4n) is 1.89. The summed E-state index contributed by atoms with van der Waals surface area (Å²) >= 11 is 0. The fourth-order valence-corrected chi connectivity index (χ4v) is 1.89. The molecule has 4 nitrogen and oxygen atoms in total. The van der Waals surface area contributed by atoms with Gasteiger partial charge in [-0.1, -0.05) is 0 Å². The van der Waals surface area contributed by atoms with Crippen molar-refractivity contribution in [2.75, 3.05) is 20.0 Å². The number of nitrogen functional groups attached to an aromatic ring is 1. The molecule has 0 heterocycles. The van der Waals surface area contributed by atoms with Gasteiger partial charge in [-0.2, -0.15) is 0 Å². The summed E-state index contributed by atoms with van der Waals surface area (Å²) in [5, 5.41) is 0. The van der Waals surface area contributed by atoms with Crippen LogP contribution in [-0.4, -0.2) is 20.0 Å². The number of rotatable bonds is 4. The van der Waals surface area contributed by atoms with E-state index in [1.807, 2.05) is 0 Å². The van der Waals surface area contributed by atoms with Crippen LogP contribution in [0.1, 0.15) is 15.9 Å². The van der Waals surface area contributed by atoms with E-state index in [2.05, 4.69) is 0 Å². The number of hydrogen-bond acceptors (Lipinski definition) is 4. The number of carbonyl (C=O) groups is 1. The Morgan fingerprint density at radius 1 is 1.05 bits per heavy atom. The second-order valence-electron chi connectivity index (χ2n) is 4.13. The van der Waals surface area contributed by atoms with Gasteiger partial charge in [-0.15, -0.1) is 0 Å². The molecule has 0 saturated heterocycles. The Kier molecular flexibility index (Phi) is 3.89. The van der Waals surface area contributed by atoms with Crippen molar-refractivity contribution in [2.24, 2.45) is 0 Å². The first-order valence-corrected chi connectivity index (χ1v) is 5.88. The molecule has 5 heteroatoms. The zero-order chi connectivity index (χ0) is 14.7. The van der Waals surface area contributed by atoms with Gasteiger partial charge in [-0.05, 0) is 36.4 Å². The molecule has 20 heavy (non-hydrogen) atoms. The number of benzene rings is 2. The molecular weight excluding hydrogens is 261 g/mol. The molecule has 0 spiro atoms. The number of anilines is 1. The summed E-state index contributed by atoms with van der Waals surface area (Å²) in [6, 6.07) is 8.44. The van der Waals surface area contributed by atoms with Gasteiger partial charge < -0.3 is 15.2 Å². The van der Waals surface area contributed by atoms with Crippen molar-refractivity contribution in [1.29, 1.82) is 0 Å². The number of ketones is 1. The van der Waals surface area contributed by atoms with E-state index < -0.39 is 5.82 Å². The predicted molar refractivity (Wildman–Crippen MR) is 73.8 cm³/mol. The lowest BCUT2D eigenvalue weighted by Crippen LogP contribution is -2.06. The van der Waals surface area contributed by atoms with Crippen LogP contribution in [0, 0.1) is 5.82 Å². The van der Waals surface area contributed by atoms with Gasteiger partial charge in [-0.25, -0.2) is 4.39 Å². The van der Waals surface area contributed by atoms with Crippen molar-refractivity contribution in [3.63, 3.8) is 0 Å². The maximum atomic E-state index is 13.3. The number of ether oxygens (including phenoxy) is 2. The summed E-state index contributed by atoms with van der Waals surface area (Å²) in [6.07, 6.45) is 0. The van der Waals surface area contributed by atoms with Crippen LogP contribution in [0.25, 0.3) is 0 Å². The molecule has 0 unspecified atom stereocenters. The van der Waals surface area contributed by atoms with Gasteiger partial charge in [0.1, 0.15) is 17.3 Å². The zero-order valence-electron chi connectivity index (χ0n) is 11.1. The second kappa shape index (κ2) is 5.61. The SMILES string of the molecule is COc1ccc(C(=O)c2cc(F)ccc2OC)cc1N. The Bertz CT molecular complexity index is 656. The van der Waals surface area contributed by atoms with E-state index in [1.165, 1.54) is 32.4 Å². The molecule has 0 aliphatic carbocycles. The number of carbonyl (C=O) groups excluding carboxylic acids is 1. The third kappa shape index (κ3) is 2.56. The van der Waals surface area contributed by atoms with E-state index in [1.54, 1.807) is 12.1 Å². The average Bonchev–Trinajstić information content (AvgIpc) is 2.46. The quantitative estimate of drug-likeness (QED) is 0.688. The highest BCUT2D eigenvalue weighted by Gasteiger charge is 2.16. The van der Waals surface area contributed by atoms with Gasteiger partial charge in [0, 0.05) is 5.56 Å². The number of halogens is 1. The van der Waals surface area contributed by atoms with Crippen LogP contribution in [0.15, 0.2) is 36.4 Å². The monoisotopic (exact) mass is 275 g/mol. The fraction of sp³-hybridized carbons (Fsp3) is 0.133. The molecular formula is C15H14FNO3. The first-order valence-electron chi connectivity index (χ1n) is 5.88. The molecule has 2 aromatic carbocycles. The van der Waals surface area contributed by atoms with Gasteiger partial charge in [0.15, 0.2) is 5.78 Å². The second-order valence-corrected chi connectivity index (χ2v) is 4.13. The summed E-state index contributed by atoms with van der Waals surface area (Å²) < 4.78 is 23.4. The summed E-state index contributed by atoms with van der Waals surface area (Å²) in [5.74, 6) is -0.0788. The zero-order valence-corrected chi connectivity index (χ0v) is 11.1. The largest absolute Gasteiger partial charge is 0.496 e. The lowest BCUT2D eigenvalue weighted by Gasteiger charge is -2.09. The molecule has 0 atom stereocenters. The third-order valence-electron chi connectivity index (χ3n) is 2.90. The van der Waals surface area contributed by atoms with Crippen molar-refractivity contribution in [3.05, 3.63) is 53.3 Å². The molecule has 0 aliphatic heterocycles. The van der Waals surface area contributed by atoms with Crippen LogP contribution in [-0.2, 0) is 0 Å². The molecule has 2 aromatic rings. The van der Waals surface area contributed by atoms with Crippen molar-refractivity contribution < 1.29 is 18.7 Å². The number of methoxy groups -OCH3 is 2. The van der Waals surface area contributed by atoms with Crippen LogP contribution >= 0.6 is 0 Å². The Hall–Kier alpha value is -2.56. The summed E-state index contributed by atoms with van der Waals surface area (Å²) in [7, 11) is 2.91. The maximum Gasteiger partial charge on any atom is 0.196 e. The van der Waals surface area contributed by atoms with Gasteiger partial charge in [0.25, 0.3) is 0 Å². The Balaban J connectivity index is 2.46. The smallest absolute Gasteiger partial charge is 0.196 e. The van der Waals surface area contributed by atoms with E-state index in [0.29, 0.717) is 22.7 Å². The van der Waals surface area contributed by atoms with Crippen molar-refractivity contribution in [2.45, 2.75) is 0 Å². The van der Waals surface area contributed by atoms with Crippen LogP contribution in [0.2, 0.25) is 0 Å². The Morgan fingerprint density at radius 3 is 2.30 bits per heavy atom. The minimum absolute atomic E-state index is 0.150. The van der Waals surface area contributed by atoms with E-state index >= 15 is 0 Å². The summed E-state index contributed by atoms with van der Waals surface area (Å²) in [6.45, 7) is 0. The molecule has 2 N–H and O–H groups in total. The van der Waals surface area contributed by atoms with Gasteiger partial charge >= 0.3 is 0 Å². The first-order chi connectivity index (χ1) is 9.56. The highest BCUT2D eigenvalue weighted by Crippen LogP contribution is 2.26. The average molecular weight is 275 g/mol. The lowest BCUT2D eigenvalue weighted by molar-refractivity contribution is 0.103. The van der Waals surface area contributed by atoms with Gasteiger partial charge in [0.05, 0.1) is 25.5 Å². The molecule has 0 bridgehead atoms. The van der Waals surface area contributed by atoms with E-state index in [4.69, 9.17) is 15.2 Å². The molecule has 0 fully saturated rings. The van der Waals surface area contributed by atoms with Gasteiger partial charge in [-0.3, -0.25) is 4.79 Å². The van der Waals surface area contributed by atoms with Crippen LogP contribution in [0.4, 0.5) is 10.1 Å². The van der Waals surface area contributed by atoms with Crippen LogP contribution in [0.5, 0.6) is 11.5 Å². The highest BCUT2D eigenvalue weighted by atomic mass is 19.1. The molecule has 0 amide bonds. The van der Waals surface area contributed by atoms with E-state index in [0.717, 1.165) is 6.07 Å². The standard InChI is InChI=1S/C15H14FNO3/c1-19-13-6-4-10(16)8-11(13)15(18)9-3-5-14(20-2)12(17)7-9/h3-8H,17H2,1-2H3. The molecule has 2 rings (SSSR count). The normalized spacial score (nSPS) is 10.2. The van der Waals surface area contributed by atoms with Crippen molar-refractivity contribution in [3.8, 4) is 11.5 Å². The molecule has 0 aromatic heterocycles. The molecule has 104 valence electrons. The number of nitrogens with two attached hydrogens (primary N) is 1. The molecule has 0 saturated carbocycles. The molecule has 0 radical (unpaired) electrons. The van der Waals surface area contributed by atoms with Gasteiger partial charge in [0.2, 0.25) is 0 Å². The third-order valence-corrected chi connectivity index (χ3v) is 2.90.